The van der Waals surface area contributed by atoms with Crippen molar-refractivity contribution in [1.29, 1.82) is 0 Å². The summed E-state index contributed by atoms with van der Waals surface area (Å²) < 4.78 is 25.3. The maximum absolute atomic E-state index is 8.50. The van der Waals surface area contributed by atoms with E-state index in [1.54, 1.807) is 0 Å². The molecule has 0 heterocycles. The summed E-state index contributed by atoms with van der Waals surface area (Å²) >= 11 is -1.70. The predicted molar refractivity (Wildman–Crippen MR) is 9.21 cm³/mol. The van der Waals surface area contributed by atoms with Crippen molar-refractivity contribution in [3.63, 3.8) is 0 Å². The van der Waals surface area contributed by atoms with Crippen LogP contribution in [0, 0.1) is 0 Å². The Kier molecular flexibility index (Phi) is 38.1. The molecule has 0 aliphatic carbocycles. The van der Waals surface area contributed by atoms with E-state index in [-0.39, 0.29) is 0 Å². The zero-order chi connectivity index (χ0) is 4.71. The van der Waals surface area contributed by atoms with Crippen LogP contribution in [0.4, 0.5) is 0 Å². The Morgan fingerprint density at radius 1 is 1.20 bits per heavy atom. The fourth-order valence-corrected chi connectivity index (χ4v) is 0. The zero-order valence-corrected chi connectivity index (χ0v) is 6.64. The Morgan fingerprint density at radius 2 is 1.20 bits per heavy atom. The van der Waals surface area contributed by atoms with E-state index in [1.807, 2.05) is 0 Å². The molecule has 0 bridgehead atoms. The van der Waals surface area contributed by atoms with E-state index < -0.39 is 19.1 Å². The summed E-state index contributed by atoms with van der Waals surface area (Å²) in [7, 11) is 0. The first-order valence-corrected chi connectivity index (χ1v) is 3.05. The monoisotopic (exact) mass is 218 g/mol. The Hall–Kier alpha value is 0.932. The molecule has 0 radical (unpaired) electrons. The maximum atomic E-state index is 8.50. The van der Waals surface area contributed by atoms with Gasteiger partial charge in [-0.25, -0.2) is 0 Å². The third kappa shape index (κ3) is 48.8. The van der Waals surface area contributed by atoms with Crippen molar-refractivity contribution in [2.75, 3.05) is 0 Å². The molecular weight excluding hydrogens is 218 g/mol. The van der Waals surface area contributed by atoms with Gasteiger partial charge in [0.05, 0.1) is 0 Å². The standard InChI is InChI=1S/3O.Sb.Ti.H. The zero-order valence-electron chi connectivity index (χ0n) is 2.22. The van der Waals surface area contributed by atoms with Gasteiger partial charge in [0.2, 0.25) is 0 Å². The second-order valence-electron chi connectivity index (χ2n) is 0.0833. The van der Waals surface area contributed by atoms with Crippen LogP contribution in [0.25, 0.3) is 0 Å². The van der Waals surface area contributed by atoms with Crippen LogP contribution < -0.4 is 0 Å². The van der Waals surface area contributed by atoms with Crippen molar-refractivity contribution in [3.05, 3.63) is 0 Å². The van der Waals surface area contributed by atoms with E-state index >= 15 is 0 Å². The molecular formula is HO3SbTi. The molecule has 5 heteroatoms. The van der Waals surface area contributed by atoms with Gasteiger partial charge in [0, 0.05) is 0 Å². The minimum atomic E-state index is -2.00. The molecule has 0 unspecified atom stereocenters. The van der Waals surface area contributed by atoms with E-state index in [4.69, 9.17) is 9.67 Å². The molecule has 0 aromatic rings. The Balaban J connectivity index is 0. The van der Waals surface area contributed by atoms with Crippen molar-refractivity contribution in [3.8, 4) is 0 Å². The Morgan fingerprint density at radius 3 is 1.20 bits per heavy atom. The summed E-state index contributed by atoms with van der Waals surface area (Å²) in [5.41, 5.74) is 0. The third-order valence-corrected chi connectivity index (χ3v) is 0. The molecule has 0 atom stereocenters. The fourth-order valence-electron chi connectivity index (χ4n) is 0. The average Bonchev–Trinajstić information content (AvgIpc) is 1.46. The van der Waals surface area contributed by atoms with Gasteiger partial charge in [0.25, 0.3) is 0 Å². The van der Waals surface area contributed by atoms with E-state index in [2.05, 4.69) is 0 Å². The molecule has 28 valence electrons. The molecule has 0 saturated heterocycles. The molecule has 0 spiro atoms. The predicted octanol–water partition coefficient (Wildman–Crippen LogP) is -1.01. The second-order valence-corrected chi connectivity index (χ2v) is 0.344. The Labute approximate surface area is 51.6 Å². The molecule has 0 amide bonds. The van der Waals surface area contributed by atoms with Crippen molar-refractivity contribution in [1.82, 2.24) is 0 Å². The van der Waals surface area contributed by atoms with Gasteiger partial charge in [-0.15, -0.1) is 0 Å². The molecule has 5 heavy (non-hydrogen) atoms. The molecule has 0 fully saturated rings. The molecule has 0 saturated carbocycles. The molecule has 0 aromatic heterocycles. The van der Waals surface area contributed by atoms with Crippen LogP contribution in [0.2, 0.25) is 0 Å². The summed E-state index contributed by atoms with van der Waals surface area (Å²) in [6, 6.07) is 0. The first-order chi connectivity index (χ1) is 2.41. The van der Waals surface area contributed by atoms with Gasteiger partial charge in [0.1, 0.15) is 0 Å². The number of hydrogen-bond donors (Lipinski definition) is 0. The van der Waals surface area contributed by atoms with Crippen LogP contribution in [-0.2, 0) is 28.8 Å². The van der Waals surface area contributed by atoms with Crippen LogP contribution in [0.5, 0.6) is 0 Å². The van der Waals surface area contributed by atoms with E-state index in [0.29, 0.717) is 23.0 Å². The number of rotatable bonds is 0. The van der Waals surface area contributed by atoms with E-state index in [9.17, 15) is 0 Å². The molecule has 0 aliphatic heterocycles. The van der Waals surface area contributed by atoms with Crippen LogP contribution >= 0.6 is 0 Å². The Bertz CT molecular complexity index is 36.2. The summed E-state index contributed by atoms with van der Waals surface area (Å²) in [4.78, 5) is 0. The van der Waals surface area contributed by atoms with Gasteiger partial charge in [-0.1, -0.05) is 0 Å². The van der Waals surface area contributed by atoms with Crippen molar-refractivity contribution < 1.29 is 28.8 Å². The van der Waals surface area contributed by atoms with Gasteiger partial charge in [0.15, 0.2) is 0 Å². The topological polar surface area (TPSA) is 51.2 Å². The summed E-state index contributed by atoms with van der Waals surface area (Å²) in [5.74, 6) is 0. The quantitative estimate of drug-likeness (QED) is 0.490. The van der Waals surface area contributed by atoms with Gasteiger partial charge in [-0.2, -0.15) is 0 Å². The van der Waals surface area contributed by atoms with E-state index in [0.717, 1.165) is 0 Å². The number of hydrogen-bond acceptors (Lipinski definition) is 3. The van der Waals surface area contributed by atoms with Crippen LogP contribution in [0.3, 0.4) is 0 Å². The van der Waals surface area contributed by atoms with Crippen molar-refractivity contribution in [2.45, 2.75) is 0 Å². The van der Waals surface area contributed by atoms with Crippen LogP contribution in [0.15, 0.2) is 0 Å². The molecule has 0 rings (SSSR count). The summed E-state index contributed by atoms with van der Waals surface area (Å²) in [6.45, 7) is 0. The second kappa shape index (κ2) is 20.4. The van der Waals surface area contributed by atoms with E-state index in [1.165, 1.54) is 0 Å². The minimum absolute atomic E-state index is 0.300. The molecule has 0 N–H and O–H groups in total. The van der Waals surface area contributed by atoms with Crippen molar-refractivity contribution >= 4 is 23.0 Å². The van der Waals surface area contributed by atoms with Gasteiger partial charge in [-0.3, -0.25) is 0 Å². The van der Waals surface area contributed by atoms with Gasteiger partial charge >= 0.3 is 51.8 Å². The molecule has 0 aromatic carbocycles. The first-order valence-electron chi connectivity index (χ1n) is 0.612. The molecule has 3 nitrogen and oxygen atoms in total. The summed E-state index contributed by atoms with van der Waals surface area (Å²) in [6.07, 6.45) is 0. The fraction of sp³-hybridized carbons (Fsp3) is 0. The third-order valence-electron chi connectivity index (χ3n) is 0. The first kappa shape index (κ1) is 9.33. The molecule has 0 aliphatic rings. The van der Waals surface area contributed by atoms with Gasteiger partial charge in [-0.05, 0) is 0 Å². The summed E-state index contributed by atoms with van der Waals surface area (Å²) in [5, 5.41) is 0. The van der Waals surface area contributed by atoms with Gasteiger partial charge < -0.3 is 0 Å². The SMILES string of the molecule is [O]=[SbH].[O]=[Ti]=[O]. The normalized spacial score (nSPS) is 2.40. The average molecular weight is 219 g/mol. The van der Waals surface area contributed by atoms with Crippen LogP contribution in [-0.4, -0.2) is 23.0 Å². The van der Waals surface area contributed by atoms with Crippen molar-refractivity contribution in [2.24, 2.45) is 0 Å². The van der Waals surface area contributed by atoms with Crippen LogP contribution in [0.1, 0.15) is 0 Å².